The van der Waals surface area contributed by atoms with Gasteiger partial charge in [-0.2, -0.15) is 5.10 Å². The summed E-state index contributed by atoms with van der Waals surface area (Å²) >= 11 is 0. The summed E-state index contributed by atoms with van der Waals surface area (Å²) in [5, 5.41) is 11.9. The van der Waals surface area contributed by atoms with E-state index in [1.165, 1.54) is 0 Å². The van der Waals surface area contributed by atoms with Crippen molar-refractivity contribution in [2.45, 2.75) is 13.3 Å². The van der Waals surface area contributed by atoms with Crippen molar-refractivity contribution in [1.29, 1.82) is 0 Å². The van der Waals surface area contributed by atoms with Crippen LogP contribution in [0.25, 0.3) is 44.5 Å². The van der Waals surface area contributed by atoms with Crippen LogP contribution in [0.2, 0.25) is 0 Å². The number of nitrogens with zero attached hydrogens (tertiary/aromatic N) is 4. The second-order valence-electron chi connectivity index (χ2n) is 8.21. The second-order valence-corrected chi connectivity index (χ2v) is 8.21. The van der Waals surface area contributed by atoms with Gasteiger partial charge in [-0.1, -0.05) is 13.0 Å². The number of H-pyrrole nitrogens is 2. The van der Waals surface area contributed by atoms with Crippen LogP contribution in [0.4, 0.5) is 5.69 Å². The van der Waals surface area contributed by atoms with Crippen LogP contribution in [0.3, 0.4) is 0 Å². The van der Waals surface area contributed by atoms with Crippen molar-refractivity contribution in [1.82, 2.24) is 30.0 Å². The Balaban J connectivity index is 1.58. The van der Waals surface area contributed by atoms with Gasteiger partial charge in [0.2, 0.25) is 5.91 Å². The molecule has 0 saturated heterocycles. The fraction of sp³-hybridized carbons (Fsp3) is 0.160. The normalized spacial score (nSPS) is 11.1. The SMILES string of the molecule is CCC(=O)Nc1cncc(-c2cnc3n[nH]c(-c4cc5c(C(=O)N(C)C)cccc5[nH]4)c3c2)c1. The number of amides is 2. The van der Waals surface area contributed by atoms with E-state index >= 15 is 0 Å². The van der Waals surface area contributed by atoms with E-state index in [0.29, 0.717) is 23.3 Å². The minimum Gasteiger partial charge on any atom is -0.353 e. The van der Waals surface area contributed by atoms with Crippen molar-refractivity contribution in [3.63, 3.8) is 0 Å². The lowest BCUT2D eigenvalue weighted by Crippen LogP contribution is -2.21. The number of nitrogens with one attached hydrogen (secondary N) is 3. The zero-order chi connectivity index (χ0) is 23.8. The van der Waals surface area contributed by atoms with E-state index in [1.54, 1.807) is 44.5 Å². The zero-order valence-electron chi connectivity index (χ0n) is 19.0. The first-order valence-electron chi connectivity index (χ1n) is 10.9. The van der Waals surface area contributed by atoms with Crippen molar-refractivity contribution in [3.8, 4) is 22.5 Å². The van der Waals surface area contributed by atoms with Crippen molar-refractivity contribution >= 4 is 39.4 Å². The average Bonchev–Trinajstić information content (AvgIpc) is 3.47. The Hall–Kier alpha value is -4.53. The number of rotatable bonds is 5. The Labute approximate surface area is 195 Å². The summed E-state index contributed by atoms with van der Waals surface area (Å²) in [6, 6.07) is 11.4. The standard InChI is InChI=1S/C25H23N7O2/c1-4-22(33)28-16-8-14(11-26-13-16)15-9-19-23(30-31-24(19)27-12-15)21-10-18-17(25(34)32(2)3)6-5-7-20(18)29-21/h5-13,29H,4H2,1-3H3,(H,28,33)(H,27,30,31). The molecule has 9 nitrogen and oxygen atoms in total. The van der Waals surface area contributed by atoms with E-state index in [2.05, 4.69) is 30.5 Å². The Morgan fingerprint density at radius 3 is 2.65 bits per heavy atom. The van der Waals surface area contributed by atoms with Crippen LogP contribution in [0, 0.1) is 0 Å². The monoisotopic (exact) mass is 453 g/mol. The van der Waals surface area contributed by atoms with Gasteiger partial charge in [0, 0.05) is 65.9 Å². The number of hydrogen-bond acceptors (Lipinski definition) is 5. The van der Waals surface area contributed by atoms with Gasteiger partial charge in [0.05, 0.1) is 23.3 Å². The van der Waals surface area contributed by atoms with Crippen LogP contribution < -0.4 is 5.32 Å². The van der Waals surface area contributed by atoms with Gasteiger partial charge in [-0.3, -0.25) is 19.7 Å². The number of aromatic nitrogens is 5. The maximum absolute atomic E-state index is 12.6. The quantitative estimate of drug-likeness (QED) is 0.368. The topological polar surface area (TPSA) is 120 Å². The average molecular weight is 454 g/mol. The summed E-state index contributed by atoms with van der Waals surface area (Å²) in [7, 11) is 3.48. The minimum atomic E-state index is -0.0735. The molecule has 170 valence electrons. The predicted molar refractivity (Wildman–Crippen MR) is 131 cm³/mol. The van der Waals surface area contributed by atoms with Crippen LogP contribution >= 0.6 is 0 Å². The number of fused-ring (bicyclic) bond motifs is 2. The molecule has 4 heterocycles. The summed E-state index contributed by atoms with van der Waals surface area (Å²) in [5.41, 5.74) is 5.93. The molecule has 0 fully saturated rings. The minimum absolute atomic E-state index is 0.0582. The largest absolute Gasteiger partial charge is 0.353 e. The molecule has 0 spiro atoms. The number of aromatic amines is 2. The third-order valence-corrected chi connectivity index (χ3v) is 5.66. The molecule has 0 atom stereocenters. The van der Waals surface area contributed by atoms with E-state index in [1.807, 2.05) is 36.4 Å². The molecule has 0 aliphatic carbocycles. The van der Waals surface area contributed by atoms with Gasteiger partial charge in [0.15, 0.2) is 5.65 Å². The Morgan fingerprint density at radius 2 is 1.85 bits per heavy atom. The smallest absolute Gasteiger partial charge is 0.254 e. The molecule has 2 amide bonds. The van der Waals surface area contributed by atoms with Gasteiger partial charge >= 0.3 is 0 Å². The molecule has 0 radical (unpaired) electrons. The summed E-state index contributed by atoms with van der Waals surface area (Å²) in [6.45, 7) is 1.80. The highest BCUT2D eigenvalue weighted by atomic mass is 16.2. The summed E-state index contributed by atoms with van der Waals surface area (Å²) < 4.78 is 0. The second kappa shape index (κ2) is 8.43. The summed E-state index contributed by atoms with van der Waals surface area (Å²) in [6.07, 6.45) is 5.46. The van der Waals surface area contributed by atoms with Gasteiger partial charge < -0.3 is 15.2 Å². The molecule has 5 aromatic rings. The highest BCUT2D eigenvalue weighted by Gasteiger charge is 2.17. The number of carbonyl (C=O) groups is 2. The Morgan fingerprint density at radius 1 is 1.03 bits per heavy atom. The van der Waals surface area contributed by atoms with Crippen LogP contribution in [0.5, 0.6) is 0 Å². The fourth-order valence-corrected chi connectivity index (χ4v) is 3.90. The number of carbonyl (C=O) groups excluding carboxylic acids is 2. The molecule has 0 bridgehead atoms. The van der Waals surface area contributed by atoms with Gasteiger partial charge in [0.1, 0.15) is 0 Å². The van der Waals surface area contributed by atoms with Gasteiger partial charge in [-0.25, -0.2) is 4.98 Å². The molecule has 3 N–H and O–H groups in total. The Kier molecular flexibility index (Phi) is 5.29. The lowest BCUT2D eigenvalue weighted by Gasteiger charge is -2.10. The van der Waals surface area contributed by atoms with Crippen molar-refractivity contribution < 1.29 is 9.59 Å². The molecule has 0 aliphatic rings. The van der Waals surface area contributed by atoms with Crippen LogP contribution in [-0.2, 0) is 4.79 Å². The van der Waals surface area contributed by atoms with Crippen LogP contribution in [0.1, 0.15) is 23.7 Å². The fourth-order valence-electron chi connectivity index (χ4n) is 3.90. The molecule has 5 rings (SSSR count). The number of benzene rings is 1. The molecule has 0 aliphatic heterocycles. The highest BCUT2D eigenvalue weighted by Crippen LogP contribution is 2.32. The molecule has 0 saturated carbocycles. The van der Waals surface area contributed by atoms with Gasteiger partial charge in [0.25, 0.3) is 5.91 Å². The number of pyridine rings is 2. The first-order chi connectivity index (χ1) is 16.4. The molecule has 4 aromatic heterocycles. The summed E-state index contributed by atoms with van der Waals surface area (Å²) in [4.78, 5) is 38.1. The van der Waals surface area contributed by atoms with Crippen molar-refractivity contribution in [2.24, 2.45) is 0 Å². The van der Waals surface area contributed by atoms with Crippen LogP contribution in [-0.4, -0.2) is 56.0 Å². The highest BCUT2D eigenvalue weighted by molar-refractivity contribution is 6.08. The third kappa shape index (κ3) is 3.77. The lowest BCUT2D eigenvalue weighted by molar-refractivity contribution is -0.115. The first-order valence-corrected chi connectivity index (χ1v) is 10.9. The maximum atomic E-state index is 12.6. The van der Waals surface area contributed by atoms with Crippen LogP contribution in [0.15, 0.2) is 55.0 Å². The van der Waals surface area contributed by atoms with E-state index in [9.17, 15) is 9.59 Å². The predicted octanol–water partition coefficient (Wildman–Crippen LogP) is 4.22. The lowest BCUT2D eigenvalue weighted by atomic mass is 10.1. The molecular weight excluding hydrogens is 430 g/mol. The molecule has 34 heavy (non-hydrogen) atoms. The Bertz CT molecular complexity index is 1550. The van der Waals surface area contributed by atoms with Gasteiger partial charge in [-0.15, -0.1) is 0 Å². The van der Waals surface area contributed by atoms with E-state index in [-0.39, 0.29) is 11.8 Å². The number of anilines is 1. The van der Waals surface area contributed by atoms with Gasteiger partial charge in [-0.05, 0) is 30.3 Å². The molecule has 9 heteroatoms. The molecule has 0 unspecified atom stereocenters. The van der Waals surface area contributed by atoms with E-state index in [0.717, 1.165) is 38.8 Å². The van der Waals surface area contributed by atoms with Crippen molar-refractivity contribution in [3.05, 3.63) is 60.6 Å². The molecular formula is C25H23N7O2. The van der Waals surface area contributed by atoms with E-state index < -0.39 is 0 Å². The summed E-state index contributed by atoms with van der Waals surface area (Å²) in [5.74, 6) is -0.132. The third-order valence-electron chi connectivity index (χ3n) is 5.66. The van der Waals surface area contributed by atoms with E-state index in [4.69, 9.17) is 0 Å². The number of hydrogen-bond donors (Lipinski definition) is 3. The van der Waals surface area contributed by atoms with Crippen molar-refractivity contribution in [2.75, 3.05) is 19.4 Å². The molecule has 1 aromatic carbocycles. The first kappa shape index (κ1) is 21.3. The zero-order valence-corrected chi connectivity index (χ0v) is 19.0. The maximum Gasteiger partial charge on any atom is 0.254 e.